The fraction of sp³-hybridized carbons (Fsp3) is 0.542. The molecule has 0 spiro atoms. The molecular weight excluding hydrogens is 454 g/mol. The number of amides is 3. The molecule has 0 bridgehead atoms. The molecule has 10 heteroatoms. The first kappa shape index (κ1) is 21.8. The number of aliphatic hydroxyl groups is 1. The lowest BCUT2D eigenvalue weighted by atomic mass is 9.87. The second-order valence-electron chi connectivity index (χ2n) is 9.73. The third-order valence-corrected chi connectivity index (χ3v) is 8.67. The molecule has 0 aromatic carbocycles. The van der Waals surface area contributed by atoms with Crippen LogP contribution in [0.15, 0.2) is 12.1 Å². The van der Waals surface area contributed by atoms with Crippen molar-refractivity contribution in [2.75, 3.05) is 13.1 Å². The third kappa shape index (κ3) is 3.73. The molecule has 34 heavy (non-hydrogen) atoms. The normalized spacial score (nSPS) is 24.3. The van der Waals surface area contributed by atoms with Crippen LogP contribution < -0.4 is 5.32 Å². The quantitative estimate of drug-likeness (QED) is 0.632. The van der Waals surface area contributed by atoms with Crippen LogP contribution in [0.1, 0.15) is 69.4 Å². The van der Waals surface area contributed by atoms with E-state index in [1.54, 1.807) is 12.1 Å². The largest absolute Gasteiger partial charge is 0.383 e. The summed E-state index contributed by atoms with van der Waals surface area (Å²) in [5.74, 6) is -0.992. The highest BCUT2D eigenvalue weighted by atomic mass is 32.1. The molecule has 3 amide bonds. The molecule has 1 atom stereocenters. The summed E-state index contributed by atoms with van der Waals surface area (Å²) < 4.78 is 0. The van der Waals surface area contributed by atoms with Crippen LogP contribution in [0, 0.1) is 0 Å². The molecule has 178 valence electrons. The molecule has 9 nitrogen and oxygen atoms in total. The Hall–Kier alpha value is -2.69. The number of piperidine rings is 2. The van der Waals surface area contributed by atoms with Crippen LogP contribution in [-0.2, 0) is 41.1 Å². The zero-order chi connectivity index (χ0) is 23.4. The first-order valence-corrected chi connectivity index (χ1v) is 12.8. The minimum absolute atomic E-state index is 0.213. The fourth-order valence-electron chi connectivity index (χ4n) is 5.53. The van der Waals surface area contributed by atoms with E-state index < -0.39 is 17.6 Å². The SMILES string of the molecule is O=C1CCC(N2Cc3nc(C4(O)CCN(Cc5nc6c(s5)CCC6)CC4)ccc3C2=O)C(=O)N1. The Kier molecular flexibility index (Phi) is 5.27. The van der Waals surface area contributed by atoms with Crippen LogP contribution >= 0.6 is 11.3 Å². The van der Waals surface area contributed by atoms with Gasteiger partial charge in [-0.05, 0) is 50.7 Å². The Morgan fingerprint density at radius 3 is 2.68 bits per heavy atom. The molecule has 0 saturated carbocycles. The number of nitrogens with zero attached hydrogens (tertiary/aromatic N) is 4. The number of carbonyl (C=O) groups excluding carboxylic acids is 3. The van der Waals surface area contributed by atoms with Crippen molar-refractivity contribution >= 4 is 29.1 Å². The smallest absolute Gasteiger partial charge is 0.256 e. The molecule has 1 aliphatic carbocycles. The number of thiazole rings is 1. The van der Waals surface area contributed by atoms with E-state index in [0.717, 1.165) is 37.5 Å². The van der Waals surface area contributed by atoms with Gasteiger partial charge < -0.3 is 10.0 Å². The molecule has 2 saturated heterocycles. The van der Waals surface area contributed by atoms with Crippen molar-refractivity contribution in [3.05, 3.63) is 44.7 Å². The number of aromatic nitrogens is 2. The molecule has 1 unspecified atom stereocenters. The monoisotopic (exact) mass is 481 g/mol. The Balaban J connectivity index is 1.13. The van der Waals surface area contributed by atoms with E-state index in [1.807, 2.05) is 11.3 Å². The molecular formula is C24H27N5O4S. The Morgan fingerprint density at radius 2 is 1.91 bits per heavy atom. The minimum atomic E-state index is -1.04. The number of likely N-dealkylation sites (tertiary alicyclic amines) is 1. The second-order valence-corrected chi connectivity index (χ2v) is 10.9. The topological polar surface area (TPSA) is 116 Å². The van der Waals surface area contributed by atoms with Gasteiger partial charge in [0.15, 0.2) is 0 Å². The Bertz CT molecular complexity index is 1160. The van der Waals surface area contributed by atoms with Crippen molar-refractivity contribution in [1.82, 2.24) is 25.1 Å². The number of hydrogen-bond acceptors (Lipinski definition) is 8. The Morgan fingerprint density at radius 1 is 1.09 bits per heavy atom. The molecule has 2 fully saturated rings. The Labute approximate surface area is 201 Å². The van der Waals surface area contributed by atoms with Crippen molar-refractivity contribution in [3.63, 3.8) is 0 Å². The first-order chi connectivity index (χ1) is 16.4. The van der Waals surface area contributed by atoms with Gasteiger partial charge in [-0.15, -0.1) is 11.3 Å². The summed E-state index contributed by atoms with van der Waals surface area (Å²) in [7, 11) is 0. The van der Waals surface area contributed by atoms with Gasteiger partial charge >= 0.3 is 0 Å². The average molecular weight is 482 g/mol. The van der Waals surface area contributed by atoms with Gasteiger partial charge in [0.25, 0.3) is 5.91 Å². The molecule has 6 rings (SSSR count). The molecule has 2 aromatic rings. The zero-order valence-electron chi connectivity index (χ0n) is 18.9. The van der Waals surface area contributed by atoms with E-state index in [2.05, 4.69) is 15.2 Å². The molecule has 5 heterocycles. The number of fused-ring (bicyclic) bond motifs is 2. The summed E-state index contributed by atoms with van der Waals surface area (Å²) in [4.78, 5) is 51.4. The molecule has 4 aliphatic rings. The van der Waals surface area contributed by atoms with Crippen LogP contribution in [0.25, 0.3) is 0 Å². The van der Waals surface area contributed by atoms with Crippen molar-refractivity contribution in [3.8, 4) is 0 Å². The van der Waals surface area contributed by atoms with E-state index >= 15 is 0 Å². The van der Waals surface area contributed by atoms with Crippen LogP contribution in [0.2, 0.25) is 0 Å². The summed E-state index contributed by atoms with van der Waals surface area (Å²) in [6.45, 7) is 2.54. The number of hydrogen-bond donors (Lipinski definition) is 2. The summed E-state index contributed by atoms with van der Waals surface area (Å²) in [5.41, 5.74) is 1.86. The lowest BCUT2D eigenvalue weighted by Gasteiger charge is -2.37. The third-order valence-electron chi connectivity index (χ3n) is 7.53. The summed E-state index contributed by atoms with van der Waals surface area (Å²) in [5, 5.41) is 14.9. The number of pyridine rings is 1. The summed E-state index contributed by atoms with van der Waals surface area (Å²) >= 11 is 1.83. The highest BCUT2D eigenvalue weighted by Crippen LogP contribution is 2.35. The predicted octanol–water partition coefficient (Wildman–Crippen LogP) is 1.27. The standard InChI is InChI=1S/C24H27N5O4S/c30-20-7-5-17(22(31)27-20)29-12-16-14(23(29)32)4-6-19(25-16)24(33)8-10-28(11-9-24)13-21-26-15-2-1-3-18(15)34-21/h4,6,17,33H,1-3,5,7-13H2,(H,27,30,31). The van der Waals surface area contributed by atoms with Gasteiger partial charge in [0.2, 0.25) is 11.8 Å². The van der Waals surface area contributed by atoms with Crippen LogP contribution in [-0.4, -0.2) is 61.7 Å². The maximum absolute atomic E-state index is 12.9. The second kappa shape index (κ2) is 8.21. The van der Waals surface area contributed by atoms with Crippen molar-refractivity contribution < 1.29 is 19.5 Å². The van der Waals surface area contributed by atoms with Gasteiger partial charge in [0.05, 0.1) is 35.7 Å². The van der Waals surface area contributed by atoms with Crippen LogP contribution in [0.3, 0.4) is 0 Å². The minimum Gasteiger partial charge on any atom is -0.383 e. The molecule has 0 radical (unpaired) electrons. The summed E-state index contributed by atoms with van der Waals surface area (Å²) in [6.07, 6.45) is 5.13. The van der Waals surface area contributed by atoms with Crippen molar-refractivity contribution in [2.24, 2.45) is 0 Å². The lowest BCUT2D eigenvalue weighted by Crippen LogP contribution is -2.52. The summed E-state index contributed by atoms with van der Waals surface area (Å²) in [6, 6.07) is 2.79. The van der Waals surface area contributed by atoms with Gasteiger partial charge in [0.1, 0.15) is 16.7 Å². The fourth-order valence-corrected chi connectivity index (χ4v) is 6.73. The highest BCUT2D eigenvalue weighted by molar-refractivity contribution is 7.11. The number of aryl methyl sites for hydroxylation is 2. The maximum Gasteiger partial charge on any atom is 0.256 e. The van der Waals surface area contributed by atoms with Gasteiger partial charge in [0, 0.05) is 24.4 Å². The number of nitrogens with one attached hydrogen (secondary N) is 1. The molecule has 3 aliphatic heterocycles. The average Bonchev–Trinajstić information content (AvgIpc) is 3.49. The number of rotatable bonds is 4. The van der Waals surface area contributed by atoms with Gasteiger partial charge in [-0.3, -0.25) is 29.6 Å². The van der Waals surface area contributed by atoms with Gasteiger partial charge in [-0.2, -0.15) is 0 Å². The number of carbonyl (C=O) groups is 3. The van der Waals surface area contributed by atoms with Gasteiger partial charge in [-0.1, -0.05) is 0 Å². The van der Waals surface area contributed by atoms with E-state index in [9.17, 15) is 19.5 Å². The maximum atomic E-state index is 12.9. The van der Waals surface area contributed by atoms with Gasteiger partial charge in [-0.25, -0.2) is 4.98 Å². The van der Waals surface area contributed by atoms with Crippen molar-refractivity contribution in [1.29, 1.82) is 0 Å². The lowest BCUT2D eigenvalue weighted by molar-refractivity contribution is -0.136. The molecule has 2 N–H and O–H groups in total. The van der Waals surface area contributed by atoms with E-state index in [-0.39, 0.29) is 24.8 Å². The van der Waals surface area contributed by atoms with Crippen LogP contribution in [0.4, 0.5) is 0 Å². The van der Waals surface area contributed by atoms with Crippen LogP contribution in [0.5, 0.6) is 0 Å². The number of imide groups is 1. The highest BCUT2D eigenvalue weighted by Gasteiger charge is 2.41. The van der Waals surface area contributed by atoms with Crippen molar-refractivity contribution in [2.45, 2.75) is 69.7 Å². The van der Waals surface area contributed by atoms with E-state index in [1.165, 1.54) is 21.9 Å². The predicted molar refractivity (Wildman–Crippen MR) is 123 cm³/mol. The zero-order valence-corrected chi connectivity index (χ0v) is 19.7. The van der Waals surface area contributed by atoms with E-state index in [4.69, 9.17) is 4.98 Å². The molecule has 2 aromatic heterocycles. The van der Waals surface area contributed by atoms with E-state index in [0.29, 0.717) is 36.2 Å². The first-order valence-electron chi connectivity index (χ1n) is 12.0.